The topological polar surface area (TPSA) is 38.7 Å². The summed E-state index contributed by atoms with van der Waals surface area (Å²) in [4.78, 5) is 0. The largest absolute Gasteiger partial charge is 0.388 e. The van der Waals surface area contributed by atoms with Gasteiger partial charge in [0, 0.05) is 0 Å². The summed E-state index contributed by atoms with van der Waals surface area (Å²) in [6.45, 7) is 5.59. The summed E-state index contributed by atoms with van der Waals surface area (Å²) in [5, 5.41) is 9.35. The number of hydrogen-bond acceptors (Lipinski definition) is 3. The lowest BCUT2D eigenvalue weighted by atomic mass is 10.4. The third kappa shape index (κ3) is 9.45. The molecule has 0 saturated heterocycles. The zero-order chi connectivity index (χ0) is 10.6. The van der Waals surface area contributed by atoms with Crippen LogP contribution in [0.15, 0.2) is 24.3 Å². The van der Waals surface area contributed by atoms with Crippen LogP contribution >= 0.6 is 0 Å². The van der Waals surface area contributed by atoms with Crippen LogP contribution in [0.1, 0.15) is 13.8 Å². The zero-order valence-corrected chi connectivity index (χ0v) is 8.98. The van der Waals surface area contributed by atoms with Gasteiger partial charge >= 0.3 is 0 Å². The first kappa shape index (κ1) is 13.4. The summed E-state index contributed by atoms with van der Waals surface area (Å²) in [7, 11) is 0. The molecule has 0 bridgehead atoms. The summed E-state index contributed by atoms with van der Waals surface area (Å²) in [6.07, 6.45) is 7.08. The van der Waals surface area contributed by atoms with Crippen molar-refractivity contribution in [3.8, 4) is 0 Å². The van der Waals surface area contributed by atoms with Crippen molar-refractivity contribution in [2.75, 3.05) is 26.4 Å². The first-order valence-electron chi connectivity index (χ1n) is 4.87. The van der Waals surface area contributed by atoms with Crippen LogP contribution in [0.25, 0.3) is 0 Å². The monoisotopic (exact) mass is 200 g/mol. The molecule has 82 valence electrons. The molecule has 0 fully saturated rings. The van der Waals surface area contributed by atoms with E-state index in [0.717, 1.165) is 0 Å². The SMILES string of the molecule is C/C=C\COCC(O)COC/C=C/C. The molecule has 0 aromatic heterocycles. The van der Waals surface area contributed by atoms with Gasteiger partial charge in [-0.1, -0.05) is 24.3 Å². The van der Waals surface area contributed by atoms with Crippen LogP contribution < -0.4 is 0 Å². The van der Waals surface area contributed by atoms with Crippen molar-refractivity contribution >= 4 is 0 Å². The van der Waals surface area contributed by atoms with E-state index in [-0.39, 0.29) is 0 Å². The normalized spacial score (nSPS) is 14.2. The number of allylic oxidation sites excluding steroid dienone is 2. The van der Waals surface area contributed by atoms with Gasteiger partial charge in [0.1, 0.15) is 6.10 Å². The molecule has 1 atom stereocenters. The highest BCUT2D eigenvalue weighted by atomic mass is 16.5. The minimum absolute atomic E-state index is 0.320. The minimum Gasteiger partial charge on any atom is -0.388 e. The molecular formula is C11H20O3. The van der Waals surface area contributed by atoms with Crippen molar-refractivity contribution in [2.24, 2.45) is 0 Å². The first-order chi connectivity index (χ1) is 6.81. The van der Waals surface area contributed by atoms with Crippen molar-refractivity contribution in [3.63, 3.8) is 0 Å². The van der Waals surface area contributed by atoms with Crippen molar-refractivity contribution < 1.29 is 14.6 Å². The van der Waals surface area contributed by atoms with E-state index in [1.54, 1.807) is 0 Å². The third-order valence-electron chi connectivity index (χ3n) is 1.52. The molecule has 0 aliphatic carbocycles. The highest BCUT2D eigenvalue weighted by Gasteiger charge is 2.02. The van der Waals surface area contributed by atoms with Gasteiger partial charge in [0.2, 0.25) is 0 Å². The number of hydrogen-bond donors (Lipinski definition) is 1. The Morgan fingerprint density at radius 3 is 1.79 bits per heavy atom. The van der Waals surface area contributed by atoms with Gasteiger partial charge in [-0.15, -0.1) is 0 Å². The third-order valence-corrected chi connectivity index (χ3v) is 1.52. The van der Waals surface area contributed by atoms with Crippen molar-refractivity contribution in [2.45, 2.75) is 20.0 Å². The van der Waals surface area contributed by atoms with Crippen LogP contribution in [0.4, 0.5) is 0 Å². The zero-order valence-electron chi connectivity index (χ0n) is 8.98. The Morgan fingerprint density at radius 2 is 1.43 bits per heavy atom. The molecule has 1 unspecified atom stereocenters. The predicted octanol–water partition coefficient (Wildman–Crippen LogP) is 1.53. The van der Waals surface area contributed by atoms with Gasteiger partial charge in [-0.2, -0.15) is 0 Å². The Labute approximate surface area is 86.0 Å². The van der Waals surface area contributed by atoms with Gasteiger partial charge in [0.05, 0.1) is 26.4 Å². The molecule has 0 radical (unpaired) electrons. The van der Waals surface area contributed by atoms with Crippen LogP contribution in [0, 0.1) is 0 Å². The molecule has 0 aliphatic rings. The first-order valence-corrected chi connectivity index (χ1v) is 4.87. The Morgan fingerprint density at radius 1 is 1.00 bits per heavy atom. The van der Waals surface area contributed by atoms with Crippen molar-refractivity contribution in [1.82, 2.24) is 0 Å². The minimum atomic E-state index is -0.537. The van der Waals surface area contributed by atoms with Crippen LogP contribution in [0.2, 0.25) is 0 Å². The Bertz CT molecular complexity index is 146. The van der Waals surface area contributed by atoms with E-state index in [4.69, 9.17) is 9.47 Å². The van der Waals surface area contributed by atoms with Crippen molar-refractivity contribution in [3.05, 3.63) is 24.3 Å². The maximum atomic E-state index is 9.35. The fraction of sp³-hybridized carbons (Fsp3) is 0.636. The maximum absolute atomic E-state index is 9.35. The molecular weight excluding hydrogens is 180 g/mol. The number of aliphatic hydroxyl groups excluding tert-OH is 1. The quantitative estimate of drug-likeness (QED) is 0.477. The van der Waals surface area contributed by atoms with Crippen LogP contribution in [-0.4, -0.2) is 37.6 Å². The molecule has 1 N–H and O–H groups in total. The van der Waals surface area contributed by atoms with E-state index in [1.165, 1.54) is 0 Å². The maximum Gasteiger partial charge on any atom is 0.101 e. The molecule has 14 heavy (non-hydrogen) atoms. The van der Waals surface area contributed by atoms with Crippen LogP contribution in [-0.2, 0) is 9.47 Å². The van der Waals surface area contributed by atoms with Gasteiger partial charge in [-0.05, 0) is 13.8 Å². The molecule has 0 rings (SSSR count). The number of ether oxygens (including phenoxy) is 2. The van der Waals surface area contributed by atoms with Gasteiger partial charge in [-0.25, -0.2) is 0 Å². The highest BCUT2D eigenvalue weighted by Crippen LogP contribution is 1.89. The van der Waals surface area contributed by atoms with E-state index in [0.29, 0.717) is 26.4 Å². The Balaban J connectivity index is 3.23. The second kappa shape index (κ2) is 10.4. The molecule has 0 saturated carbocycles. The predicted molar refractivity (Wildman–Crippen MR) is 57.3 cm³/mol. The van der Waals surface area contributed by atoms with Gasteiger partial charge in [0.25, 0.3) is 0 Å². The molecule has 0 spiro atoms. The lowest BCUT2D eigenvalue weighted by Crippen LogP contribution is -2.21. The fourth-order valence-corrected chi connectivity index (χ4v) is 0.785. The fourth-order valence-electron chi connectivity index (χ4n) is 0.785. The summed E-state index contributed by atoms with van der Waals surface area (Å²) in [6, 6.07) is 0. The average molecular weight is 200 g/mol. The summed E-state index contributed by atoms with van der Waals surface area (Å²) < 4.78 is 10.3. The molecule has 0 amide bonds. The molecule has 0 aromatic rings. The molecule has 3 heteroatoms. The number of aliphatic hydroxyl groups is 1. The van der Waals surface area contributed by atoms with E-state index < -0.39 is 6.10 Å². The van der Waals surface area contributed by atoms with Gasteiger partial charge in [-0.3, -0.25) is 0 Å². The van der Waals surface area contributed by atoms with E-state index >= 15 is 0 Å². The highest BCUT2D eigenvalue weighted by molar-refractivity contribution is 4.77. The van der Waals surface area contributed by atoms with E-state index in [2.05, 4.69) is 0 Å². The average Bonchev–Trinajstić information content (AvgIpc) is 2.19. The molecule has 0 heterocycles. The lowest BCUT2D eigenvalue weighted by Gasteiger charge is -2.09. The second-order valence-corrected chi connectivity index (χ2v) is 2.87. The standard InChI is InChI=1S/C11H20O3/c1-3-5-7-13-9-11(12)10-14-8-6-4-2/h3-6,11-12H,7-10H2,1-2H3/b5-3-,6-4+. The van der Waals surface area contributed by atoms with E-state index in [9.17, 15) is 5.11 Å². The van der Waals surface area contributed by atoms with Gasteiger partial charge in [0.15, 0.2) is 0 Å². The molecule has 3 nitrogen and oxygen atoms in total. The summed E-state index contributed by atoms with van der Waals surface area (Å²) in [5.74, 6) is 0. The van der Waals surface area contributed by atoms with E-state index in [1.807, 2.05) is 38.2 Å². The molecule has 0 aliphatic heterocycles. The smallest absolute Gasteiger partial charge is 0.101 e. The van der Waals surface area contributed by atoms with Crippen LogP contribution in [0.5, 0.6) is 0 Å². The van der Waals surface area contributed by atoms with Crippen molar-refractivity contribution in [1.29, 1.82) is 0 Å². The van der Waals surface area contributed by atoms with Crippen LogP contribution in [0.3, 0.4) is 0 Å². The molecule has 0 aromatic carbocycles. The summed E-state index contributed by atoms with van der Waals surface area (Å²) >= 11 is 0. The summed E-state index contributed by atoms with van der Waals surface area (Å²) in [5.41, 5.74) is 0. The Hall–Kier alpha value is -0.640. The van der Waals surface area contributed by atoms with Gasteiger partial charge < -0.3 is 14.6 Å². The Kier molecular flexibility index (Phi) is 9.96. The second-order valence-electron chi connectivity index (χ2n) is 2.87. The lowest BCUT2D eigenvalue weighted by molar-refractivity contribution is -0.00655. The number of rotatable bonds is 8.